The molecular weight excluding hydrogens is 379 g/mol. The van der Waals surface area contributed by atoms with Crippen molar-refractivity contribution in [2.45, 2.75) is 24.7 Å². The predicted octanol–water partition coefficient (Wildman–Crippen LogP) is 4.40. The molecule has 0 aliphatic heterocycles. The molecule has 1 aromatic heterocycles. The molecule has 0 saturated carbocycles. The van der Waals surface area contributed by atoms with E-state index in [-0.39, 0.29) is 9.92 Å². The maximum atomic E-state index is 13.5. The van der Waals surface area contributed by atoms with Crippen molar-refractivity contribution in [1.29, 1.82) is 0 Å². The first kappa shape index (κ1) is 18.6. The van der Waals surface area contributed by atoms with Crippen LogP contribution in [0.1, 0.15) is 19.1 Å². The highest BCUT2D eigenvalue weighted by Gasteiger charge is 2.24. The van der Waals surface area contributed by atoms with Gasteiger partial charge >= 0.3 is 0 Å². The van der Waals surface area contributed by atoms with Crippen molar-refractivity contribution in [2.75, 3.05) is 0 Å². The Kier molecular flexibility index (Phi) is 5.13. The van der Waals surface area contributed by atoms with Crippen molar-refractivity contribution in [2.24, 2.45) is 5.14 Å². The van der Waals surface area contributed by atoms with Gasteiger partial charge in [0.25, 0.3) is 0 Å². The van der Waals surface area contributed by atoms with Gasteiger partial charge in [0.15, 0.2) is 0 Å². The van der Waals surface area contributed by atoms with Crippen LogP contribution in [-0.2, 0) is 16.4 Å². The summed E-state index contributed by atoms with van der Waals surface area (Å²) in [6.07, 6.45) is 1.32. The largest absolute Gasteiger partial charge is 0.360 e. The van der Waals surface area contributed by atoms with Crippen LogP contribution in [0.4, 0.5) is 4.39 Å². The highest BCUT2D eigenvalue weighted by atomic mass is 35.5. The molecule has 136 valence electrons. The maximum absolute atomic E-state index is 13.5. The fourth-order valence-electron chi connectivity index (χ4n) is 2.76. The highest BCUT2D eigenvalue weighted by molar-refractivity contribution is 7.89. The molecule has 26 heavy (non-hydrogen) atoms. The van der Waals surface area contributed by atoms with E-state index in [0.29, 0.717) is 34.6 Å². The quantitative estimate of drug-likeness (QED) is 0.694. The van der Waals surface area contributed by atoms with Crippen LogP contribution in [0.3, 0.4) is 0 Å². The molecule has 0 amide bonds. The van der Waals surface area contributed by atoms with E-state index in [4.69, 9.17) is 21.3 Å². The standard InChI is InChI=1S/C18H16ClFN2O3S/c1-2-5-15-17(12-6-3-4-7-16(12)26(21,23)24)18(22-25-15)11-8-9-14(20)13(19)10-11/h3-4,6-10H,2,5H2,1H3,(H2,21,23,24). The average Bonchev–Trinajstić information content (AvgIpc) is 3.00. The number of hydrogen-bond acceptors (Lipinski definition) is 4. The van der Waals surface area contributed by atoms with Crippen LogP contribution in [0.15, 0.2) is 51.9 Å². The molecule has 0 atom stereocenters. The summed E-state index contributed by atoms with van der Waals surface area (Å²) in [5, 5.41) is 9.39. The van der Waals surface area contributed by atoms with Crippen LogP contribution < -0.4 is 5.14 Å². The molecule has 0 unspecified atom stereocenters. The molecule has 0 radical (unpaired) electrons. The van der Waals surface area contributed by atoms with Crippen molar-refractivity contribution in [3.05, 3.63) is 59.1 Å². The molecule has 8 heteroatoms. The lowest BCUT2D eigenvalue weighted by atomic mass is 9.97. The molecule has 0 spiro atoms. The van der Waals surface area contributed by atoms with E-state index in [1.165, 1.54) is 24.3 Å². The van der Waals surface area contributed by atoms with Crippen molar-refractivity contribution < 1.29 is 17.3 Å². The molecule has 2 N–H and O–H groups in total. The van der Waals surface area contributed by atoms with Gasteiger partial charge in [-0.25, -0.2) is 17.9 Å². The van der Waals surface area contributed by atoms with Crippen molar-refractivity contribution in [3.8, 4) is 22.4 Å². The molecule has 3 aromatic rings. The molecule has 0 bridgehead atoms. The van der Waals surface area contributed by atoms with Crippen LogP contribution >= 0.6 is 11.6 Å². The molecule has 3 rings (SSSR count). The monoisotopic (exact) mass is 394 g/mol. The molecular formula is C18H16ClFN2O3S. The summed E-state index contributed by atoms with van der Waals surface area (Å²) in [4.78, 5) is -0.0324. The van der Waals surface area contributed by atoms with E-state index in [2.05, 4.69) is 5.16 Å². The van der Waals surface area contributed by atoms with Gasteiger partial charge in [-0.3, -0.25) is 0 Å². The van der Waals surface area contributed by atoms with Crippen molar-refractivity contribution in [1.82, 2.24) is 5.16 Å². The van der Waals surface area contributed by atoms with E-state index >= 15 is 0 Å². The first-order chi connectivity index (χ1) is 12.3. The van der Waals surface area contributed by atoms with Gasteiger partial charge in [-0.05, 0) is 30.7 Å². The fraction of sp³-hybridized carbons (Fsp3) is 0.167. The lowest BCUT2D eigenvalue weighted by molar-refractivity contribution is 0.385. The van der Waals surface area contributed by atoms with Crippen LogP contribution in [0.5, 0.6) is 0 Å². The Morgan fingerprint density at radius 3 is 2.62 bits per heavy atom. The summed E-state index contributed by atoms with van der Waals surface area (Å²) < 4.78 is 43.0. The van der Waals surface area contributed by atoms with Gasteiger partial charge in [-0.2, -0.15) is 0 Å². The van der Waals surface area contributed by atoms with E-state index in [0.717, 1.165) is 6.42 Å². The normalized spacial score (nSPS) is 11.7. The minimum absolute atomic E-state index is 0.0324. The van der Waals surface area contributed by atoms with E-state index in [9.17, 15) is 12.8 Å². The van der Waals surface area contributed by atoms with E-state index in [1.807, 2.05) is 6.92 Å². The maximum Gasteiger partial charge on any atom is 0.238 e. The molecule has 0 saturated heterocycles. The van der Waals surface area contributed by atoms with E-state index in [1.54, 1.807) is 18.2 Å². The minimum Gasteiger partial charge on any atom is -0.360 e. The number of aromatic nitrogens is 1. The number of hydrogen-bond donors (Lipinski definition) is 1. The van der Waals surface area contributed by atoms with Gasteiger partial charge in [0.2, 0.25) is 10.0 Å². The Morgan fingerprint density at radius 2 is 1.96 bits per heavy atom. The Labute approximate surface area is 155 Å². The smallest absolute Gasteiger partial charge is 0.238 e. The summed E-state index contributed by atoms with van der Waals surface area (Å²) in [5.41, 5.74) is 1.79. The summed E-state index contributed by atoms with van der Waals surface area (Å²) in [6.45, 7) is 1.96. The molecule has 0 fully saturated rings. The van der Waals surface area contributed by atoms with Gasteiger partial charge in [-0.15, -0.1) is 0 Å². The Bertz CT molecular complexity index is 1060. The van der Waals surface area contributed by atoms with Gasteiger partial charge in [0, 0.05) is 17.5 Å². The molecule has 5 nitrogen and oxygen atoms in total. The van der Waals surface area contributed by atoms with Crippen LogP contribution in [0.25, 0.3) is 22.4 Å². The minimum atomic E-state index is -3.96. The second-order valence-corrected chi connectivity index (χ2v) is 7.69. The number of rotatable bonds is 5. The Hall–Kier alpha value is -2.22. The van der Waals surface area contributed by atoms with Gasteiger partial charge in [0.05, 0.1) is 15.5 Å². The number of aryl methyl sites for hydroxylation is 1. The number of halogens is 2. The average molecular weight is 395 g/mol. The number of nitrogens with two attached hydrogens (primary N) is 1. The van der Waals surface area contributed by atoms with Crippen LogP contribution in [0.2, 0.25) is 5.02 Å². The zero-order valence-electron chi connectivity index (χ0n) is 13.9. The Morgan fingerprint density at radius 1 is 1.23 bits per heavy atom. The summed E-state index contributed by atoms with van der Waals surface area (Å²) in [6, 6.07) is 10.5. The summed E-state index contributed by atoms with van der Waals surface area (Å²) >= 11 is 5.88. The number of benzene rings is 2. The van der Waals surface area contributed by atoms with Gasteiger partial charge in [0.1, 0.15) is 17.3 Å². The number of nitrogens with zero attached hydrogens (tertiary/aromatic N) is 1. The lowest BCUT2D eigenvalue weighted by Crippen LogP contribution is -2.13. The third-order valence-corrected chi connectivity index (χ3v) is 5.15. The number of primary sulfonamides is 1. The van der Waals surface area contributed by atoms with Crippen molar-refractivity contribution >= 4 is 21.6 Å². The fourth-order valence-corrected chi connectivity index (χ4v) is 3.69. The van der Waals surface area contributed by atoms with Gasteiger partial charge < -0.3 is 4.52 Å². The topological polar surface area (TPSA) is 86.2 Å². The SMILES string of the molecule is CCCc1onc(-c2ccc(F)c(Cl)c2)c1-c1ccccc1S(N)(=O)=O. The van der Waals surface area contributed by atoms with Gasteiger partial charge in [-0.1, -0.05) is 41.9 Å². The van der Waals surface area contributed by atoms with E-state index < -0.39 is 15.8 Å². The second kappa shape index (κ2) is 7.19. The van der Waals surface area contributed by atoms with Crippen LogP contribution in [0, 0.1) is 5.82 Å². The Balaban J connectivity index is 2.30. The lowest BCUT2D eigenvalue weighted by Gasteiger charge is -2.09. The molecule has 0 aliphatic rings. The third-order valence-electron chi connectivity index (χ3n) is 3.90. The molecule has 2 aromatic carbocycles. The van der Waals surface area contributed by atoms with Crippen LogP contribution in [-0.4, -0.2) is 13.6 Å². The third kappa shape index (κ3) is 3.51. The first-order valence-electron chi connectivity index (χ1n) is 7.89. The zero-order valence-corrected chi connectivity index (χ0v) is 15.4. The molecule has 0 aliphatic carbocycles. The van der Waals surface area contributed by atoms with Crippen molar-refractivity contribution in [3.63, 3.8) is 0 Å². The predicted molar refractivity (Wildman–Crippen MR) is 97.7 cm³/mol. The number of sulfonamides is 1. The molecule has 1 heterocycles. The first-order valence-corrected chi connectivity index (χ1v) is 9.81. The highest BCUT2D eigenvalue weighted by Crippen LogP contribution is 2.39. The summed E-state index contributed by atoms with van der Waals surface area (Å²) in [7, 11) is -3.96. The summed E-state index contributed by atoms with van der Waals surface area (Å²) in [5.74, 6) is -0.0294. The zero-order chi connectivity index (χ0) is 18.9. The second-order valence-electron chi connectivity index (χ2n) is 5.75.